The van der Waals surface area contributed by atoms with E-state index in [1.165, 1.54) is 19.5 Å². The third-order valence-electron chi connectivity index (χ3n) is 2.10. The Kier molecular flexibility index (Phi) is 5.46. The molecule has 0 spiro atoms. The lowest BCUT2D eigenvalue weighted by Gasteiger charge is -2.17. The number of hydrogen-bond donors (Lipinski definition) is 1. The largest absolute Gasteiger partial charge is 0.400 e. The second-order valence-electron chi connectivity index (χ2n) is 3.17. The first-order valence-electron chi connectivity index (χ1n) is 4.00. The van der Waals surface area contributed by atoms with Crippen LogP contribution in [0.15, 0.2) is 0 Å². The molecule has 0 bridgehead atoms. The van der Waals surface area contributed by atoms with Crippen molar-refractivity contribution in [1.82, 2.24) is 9.80 Å². The number of likely N-dealkylation sites (tertiary alicyclic amines) is 1. The van der Waals surface area contributed by atoms with Crippen LogP contribution in [0.25, 0.3) is 0 Å². The molecule has 0 aromatic heterocycles. The van der Waals surface area contributed by atoms with Crippen molar-refractivity contribution in [2.45, 2.75) is 12.5 Å². The summed E-state index contributed by atoms with van der Waals surface area (Å²) in [6.45, 7) is 2.51. The van der Waals surface area contributed by atoms with E-state index in [0.29, 0.717) is 0 Å². The Labute approximate surface area is 69.6 Å². The van der Waals surface area contributed by atoms with E-state index >= 15 is 0 Å². The predicted octanol–water partition coefficient (Wildman–Crippen LogP) is -0.139. The Balaban J connectivity index is 0.000000461. The first-order valence-corrected chi connectivity index (χ1v) is 4.00. The van der Waals surface area contributed by atoms with Gasteiger partial charge >= 0.3 is 0 Å². The second-order valence-corrected chi connectivity index (χ2v) is 3.17. The van der Waals surface area contributed by atoms with Gasteiger partial charge in [-0.15, -0.1) is 0 Å². The molecule has 11 heavy (non-hydrogen) atoms. The summed E-state index contributed by atoms with van der Waals surface area (Å²) in [4.78, 5) is 4.69. The molecule has 3 heteroatoms. The standard InChI is InChI=1S/C7H16N2.CH4O/c1-8(2)7-4-5-9(3)6-7;1-2/h7H,4-6H2,1-3H3;2H,1H3. The molecule has 3 nitrogen and oxygen atoms in total. The van der Waals surface area contributed by atoms with Crippen molar-refractivity contribution in [3.8, 4) is 0 Å². The maximum atomic E-state index is 7.00. The van der Waals surface area contributed by atoms with Gasteiger partial charge in [0.25, 0.3) is 0 Å². The first-order chi connectivity index (χ1) is 5.20. The van der Waals surface area contributed by atoms with Gasteiger partial charge in [-0.2, -0.15) is 0 Å². The highest BCUT2D eigenvalue weighted by Crippen LogP contribution is 2.09. The van der Waals surface area contributed by atoms with Crippen LogP contribution >= 0.6 is 0 Å². The highest BCUT2D eigenvalue weighted by atomic mass is 16.2. The van der Waals surface area contributed by atoms with Gasteiger partial charge in [-0.3, -0.25) is 0 Å². The van der Waals surface area contributed by atoms with Gasteiger partial charge in [0.1, 0.15) is 0 Å². The molecule has 1 aliphatic rings. The lowest BCUT2D eigenvalue weighted by atomic mass is 10.2. The number of nitrogens with zero attached hydrogens (tertiary/aromatic N) is 2. The van der Waals surface area contributed by atoms with E-state index in [1.807, 2.05) is 0 Å². The van der Waals surface area contributed by atoms with Crippen molar-refractivity contribution in [3.05, 3.63) is 0 Å². The Bertz CT molecular complexity index is 96.1. The fraction of sp³-hybridized carbons (Fsp3) is 1.00. The van der Waals surface area contributed by atoms with Crippen molar-refractivity contribution in [2.75, 3.05) is 41.3 Å². The van der Waals surface area contributed by atoms with Crippen LogP contribution < -0.4 is 0 Å². The van der Waals surface area contributed by atoms with Crippen molar-refractivity contribution in [3.63, 3.8) is 0 Å². The second kappa shape index (κ2) is 5.52. The van der Waals surface area contributed by atoms with Gasteiger partial charge in [0.05, 0.1) is 0 Å². The van der Waals surface area contributed by atoms with Crippen LogP contribution in [0.1, 0.15) is 6.42 Å². The summed E-state index contributed by atoms with van der Waals surface area (Å²) in [6.07, 6.45) is 1.34. The summed E-state index contributed by atoms with van der Waals surface area (Å²) in [7, 11) is 7.50. The Hall–Kier alpha value is -0.120. The molecule has 0 radical (unpaired) electrons. The molecule has 0 aliphatic carbocycles. The van der Waals surface area contributed by atoms with E-state index in [1.54, 1.807) is 0 Å². The third-order valence-corrected chi connectivity index (χ3v) is 2.10. The maximum Gasteiger partial charge on any atom is 0.0319 e. The molecule has 1 N–H and O–H groups in total. The zero-order chi connectivity index (χ0) is 8.85. The number of hydrogen-bond acceptors (Lipinski definition) is 3. The van der Waals surface area contributed by atoms with Crippen LogP contribution in [0.4, 0.5) is 0 Å². The van der Waals surface area contributed by atoms with Gasteiger partial charge < -0.3 is 14.9 Å². The quantitative estimate of drug-likeness (QED) is 0.578. The average Bonchev–Trinajstić information content (AvgIpc) is 2.40. The summed E-state index contributed by atoms with van der Waals surface area (Å²) in [5.41, 5.74) is 0. The van der Waals surface area contributed by atoms with Crippen molar-refractivity contribution < 1.29 is 5.11 Å². The summed E-state index contributed by atoms with van der Waals surface area (Å²) in [5, 5.41) is 7.00. The molecule has 0 aromatic rings. The minimum absolute atomic E-state index is 0.801. The van der Waals surface area contributed by atoms with E-state index in [-0.39, 0.29) is 0 Å². The highest BCUT2D eigenvalue weighted by molar-refractivity contribution is 4.77. The Morgan fingerprint density at radius 1 is 1.36 bits per heavy atom. The summed E-state index contributed by atoms with van der Waals surface area (Å²) >= 11 is 0. The topological polar surface area (TPSA) is 26.7 Å². The van der Waals surface area contributed by atoms with Crippen molar-refractivity contribution in [2.24, 2.45) is 0 Å². The van der Waals surface area contributed by atoms with Crippen molar-refractivity contribution in [1.29, 1.82) is 0 Å². The van der Waals surface area contributed by atoms with Crippen LogP contribution in [0, 0.1) is 0 Å². The normalized spacial score (nSPS) is 25.1. The number of rotatable bonds is 1. The maximum absolute atomic E-state index is 7.00. The average molecular weight is 160 g/mol. The van der Waals surface area contributed by atoms with E-state index in [2.05, 4.69) is 30.9 Å². The zero-order valence-electron chi connectivity index (χ0n) is 8.04. The predicted molar refractivity (Wildman–Crippen MR) is 47.7 cm³/mol. The molecule has 0 amide bonds. The molecule has 1 unspecified atom stereocenters. The summed E-state index contributed by atoms with van der Waals surface area (Å²) < 4.78 is 0. The van der Waals surface area contributed by atoms with E-state index in [4.69, 9.17) is 5.11 Å². The molecule has 1 fully saturated rings. The Morgan fingerprint density at radius 2 is 1.91 bits per heavy atom. The lowest BCUT2D eigenvalue weighted by molar-refractivity contribution is 0.288. The molecule has 0 saturated carbocycles. The third kappa shape index (κ3) is 3.70. The van der Waals surface area contributed by atoms with Crippen LogP contribution in [0.2, 0.25) is 0 Å². The molecule has 1 heterocycles. The molecule has 1 atom stereocenters. The molecule has 0 aromatic carbocycles. The van der Waals surface area contributed by atoms with Gasteiger partial charge in [-0.05, 0) is 34.1 Å². The van der Waals surface area contributed by atoms with E-state index in [0.717, 1.165) is 13.2 Å². The number of aliphatic hydroxyl groups is 1. The van der Waals surface area contributed by atoms with Crippen LogP contribution in [0.3, 0.4) is 0 Å². The van der Waals surface area contributed by atoms with Gasteiger partial charge in [0, 0.05) is 19.7 Å². The van der Waals surface area contributed by atoms with Gasteiger partial charge in [0.2, 0.25) is 0 Å². The minimum Gasteiger partial charge on any atom is -0.400 e. The van der Waals surface area contributed by atoms with E-state index < -0.39 is 0 Å². The minimum atomic E-state index is 0.801. The van der Waals surface area contributed by atoms with Gasteiger partial charge in [-0.1, -0.05) is 0 Å². The number of likely N-dealkylation sites (N-methyl/N-ethyl adjacent to an activating group) is 2. The smallest absolute Gasteiger partial charge is 0.0319 e. The molecule has 1 rings (SSSR count). The monoisotopic (exact) mass is 160 g/mol. The van der Waals surface area contributed by atoms with Gasteiger partial charge in [-0.25, -0.2) is 0 Å². The summed E-state index contributed by atoms with van der Waals surface area (Å²) in [6, 6.07) is 0.801. The highest BCUT2D eigenvalue weighted by Gasteiger charge is 2.20. The first kappa shape index (κ1) is 10.9. The van der Waals surface area contributed by atoms with Crippen molar-refractivity contribution >= 4 is 0 Å². The van der Waals surface area contributed by atoms with Crippen LogP contribution in [-0.4, -0.2) is 62.3 Å². The summed E-state index contributed by atoms with van der Waals surface area (Å²) in [5.74, 6) is 0. The molecule has 1 saturated heterocycles. The fourth-order valence-corrected chi connectivity index (χ4v) is 1.33. The molecule has 68 valence electrons. The zero-order valence-corrected chi connectivity index (χ0v) is 8.04. The fourth-order valence-electron chi connectivity index (χ4n) is 1.33. The lowest BCUT2D eigenvalue weighted by Crippen LogP contribution is -2.30. The molecular weight excluding hydrogens is 140 g/mol. The van der Waals surface area contributed by atoms with E-state index in [9.17, 15) is 0 Å². The SMILES string of the molecule is CN1CCC(N(C)C)C1.CO. The molecule has 1 aliphatic heterocycles. The molecular formula is C8H20N2O. The Morgan fingerprint density at radius 3 is 2.09 bits per heavy atom. The van der Waals surface area contributed by atoms with Crippen LogP contribution in [0.5, 0.6) is 0 Å². The van der Waals surface area contributed by atoms with Gasteiger partial charge in [0.15, 0.2) is 0 Å². The number of aliphatic hydroxyl groups excluding tert-OH is 1. The van der Waals surface area contributed by atoms with Crippen LogP contribution in [-0.2, 0) is 0 Å².